The number of nitrogen functional groups attached to an aromatic ring is 1. The first-order valence-electron chi connectivity index (χ1n) is 28.5. The second-order valence-corrected chi connectivity index (χ2v) is 21.9. The second kappa shape index (κ2) is 31.1. The third kappa shape index (κ3) is 17.4. The highest BCUT2D eigenvalue weighted by atomic mass is 35.5. The summed E-state index contributed by atoms with van der Waals surface area (Å²) < 4.78 is 43.7. The van der Waals surface area contributed by atoms with E-state index in [-0.39, 0.29) is 73.5 Å². The zero-order valence-corrected chi connectivity index (χ0v) is 51.8. The van der Waals surface area contributed by atoms with Crippen molar-refractivity contribution in [3.63, 3.8) is 0 Å². The Morgan fingerprint density at radius 2 is 0.809 bits per heavy atom. The molecule has 0 aliphatic carbocycles. The number of halogens is 6. The molecule has 0 atom stereocenters. The Kier molecular flexibility index (Phi) is 22.2. The number of hydrogen-bond acceptors (Lipinski definition) is 13. The number of hydrogen-bond donors (Lipinski definition) is 9. The summed E-state index contributed by atoms with van der Waals surface area (Å²) in [6.45, 7) is 2.96. The van der Waals surface area contributed by atoms with E-state index in [1.54, 1.807) is 97.1 Å². The predicted molar refractivity (Wildman–Crippen MR) is 357 cm³/mol. The monoisotopic (exact) mass is 1330 g/mol. The molecule has 476 valence electrons. The van der Waals surface area contributed by atoms with E-state index in [9.17, 15) is 41.9 Å². The number of benzene rings is 6. The number of amidine groups is 3. The maximum absolute atomic E-state index is 14.8. The SMILES string of the molecule is CN1CCN=C1c1ccc(C(=O)Nc2ccccc2C(=O)Nc2ccc(Cl)cn2)c(F)c1.N=C(N)c1ccc(C(=O)Nc2ccccc2C(=O)Nc2ccc(Cl)cn2)c(F)c1.N=C(c1ccc(C(=O)Nc2ccccc2C(=O)Nc2ccc(Cl)cn2)c(F)c1)N1CCCC1. The molecule has 94 heavy (non-hydrogen) atoms. The first-order valence-corrected chi connectivity index (χ1v) is 29.7. The number of carbonyl (C=O) groups excluding carboxylic acids is 6. The molecule has 6 aromatic carbocycles. The number of likely N-dealkylation sites (tertiary alicyclic amines) is 1. The fourth-order valence-corrected chi connectivity index (χ4v) is 9.69. The quantitative estimate of drug-likeness (QED) is 0.0342. The number of anilines is 6. The minimum Gasteiger partial charge on any atom is -0.384 e. The Morgan fingerprint density at radius 3 is 1.16 bits per heavy atom. The molecule has 0 unspecified atom stereocenters. The van der Waals surface area contributed by atoms with Crippen molar-refractivity contribution >= 4 is 122 Å². The third-order valence-corrected chi connectivity index (χ3v) is 14.8. The first-order chi connectivity index (χ1) is 45.2. The second-order valence-electron chi connectivity index (χ2n) is 20.6. The van der Waals surface area contributed by atoms with Gasteiger partial charge in [0, 0.05) is 62.0 Å². The third-order valence-electron chi connectivity index (χ3n) is 14.1. The molecule has 2 aliphatic rings. The van der Waals surface area contributed by atoms with Gasteiger partial charge in [-0.2, -0.15) is 0 Å². The lowest BCUT2D eigenvalue weighted by atomic mass is 10.1. The van der Waals surface area contributed by atoms with Crippen LogP contribution in [0.1, 0.15) is 91.7 Å². The van der Waals surface area contributed by atoms with Crippen LogP contribution >= 0.6 is 34.8 Å². The van der Waals surface area contributed by atoms with Crippen LogP contribution in [0.4, 0.5) is 47.7 Å². The molecule has 1 fully saturated rings. The number of nitrogens with zero attached hydrogens (tertiary/aromatic N) is 6. The molecule has 2 aliphatic heterocycles. The Balaban J connectivity index is 0.000000166. The number of pyridine rings is 3. The van der Waals surface area contributed by atoms with Gasteiger partial charge in [0.15, 0.2) is 0 Å². The van der Waals surface area contributed by atoms with E-state index in [0.717, 1.165) is 38.5 Å². The van der Waals surface area contributed by atoms with Crippen molar-refractivity contribution < 1.29 is 41.9 Å². The lowest BCUT2D eigenvalue weighted by molar-refractivity contribution is 0.100. The van der Waals surface area contributed by atoms with Gasteiger partial charge in [0.2, 0.25) is 0 Å². The molecule has 0 spiro atoms. The van der Waals surface area contributed by atoms with Crippen molar-refractivity contribution in [3.8, 4) is 0 Å². The van der Waals surface area contributed by atoms with E-state index in [0.29, 0.717) is 50.2 Å². The van der Waals surface area contributed by atoms with Crippen molar-refractivity contribution in [2.24, 2.45) is 10.7 Å². The standard InChI is InChI=1S/C24H21ClFN5O2.C23H19ClFN5O2.C20H15ClFN5O2/c25-16-8-10-21(28-14-16)30-24(33)18-5-1-2-6-20(18)29-23(32)17-9-7-15(13-19(17)26)22(27)31-11-3-4-12-31;1-30-11-10-26-21(30)14-6-8-16(18(25)12-14)22(31)28-19-5-3-2-4-17(19)23(32)29-20-9-7-15(24)13-27-20;21-12-6-8-17(25-10-12)27-20(29)14-3-1-2-4-16(14)26-19(28)13-7-5-11(18(23)24)9-15(13)22/h1-2,5-10,13-14,27H,3-4,11-12H2,(H,29,32)(H,28,30,33);2-9,12-13H,10-11H2,1H3,(H,28,31)(H,27,29,32);1-10H,(H3,23,24)(H,26,28)(H,25,27,29). The number of aliphatic imine (C=N–C) groups is 1. The normalized spacial score (nSPS) is 12.1. The smallest absolute Gasteiger partial charge is 0.258 e. The van der Waals surface area contributed by atoms with Crippen LogP contribution in [0.25, 0.3) is 0 Å². The summed E-state index contributed by atoms with van der Waals surface area (Å²) in [6.07, 6.45) is 6.21. The van der Waals surface area contributed by atoms with E-state index >= 15 is 0 Å². The predicted octanol–water partition coefficient (Wildman–Crippen LogP) is 12.5. The molecule has 0 radical (unpaired) electrons. The van der Waals surface area contributed by atoms with Crippen LogP contribution in [0.3, 0.4) is 0 Å². The lowest BCUT2D eigenvalue weighted by Gasteiger charge is -2.19. The van der Waals surface area contributed by atoms with E-state index in [1.807, 2.05) is 16.8 Å². The summed E-state index contributed by atoms with van der Waals surface area (Å²) in [5, 5.41) is 32.5. The summed E-state index contributed by atoms with van der Waals surface area (Å²) in [5.41, 5.74) is 7.16. The average molecular weight is 1330 g/mol. The number of carbonyl (C=O) groups is 6. The molecule has 27 heteroatoms. The molecule has 11 rings (SSSR count). The van der Waals surface area contributed by atoms with E-state index in [4.69, 9.17) is 51.4 Å². The Labute approximate surface area is 550 Å². The molecule has 0 bridgehead atoms. The van der Waals surface area contributed by atoms with Crippen molar-refractivity contribution in [1.82, 2.24) is 24.8 Å². The number of nitrogens with one attached hydrogen (secondary N) is 8. The van der Waals surface area contributed by atoms with Gasteiger partial charge < -0.3 is 47.4 Å². The number of amides is 6. The largest absolute Gasteiger partial charge is 0.384 e. The molecule has 21 nitrogen and oxygen atoms in total. The molecule has 10 N–H and O–H groups in total. The van der Waals surface area contributed by atoms with Crippen LogP contribution in [-0.4, -0.2) is 111 Å². The highest BCUT2D eigenvalue weighted by molar-refractivity contribution is 6.31. The van der Waals surface area contributed by atoms with Gasteiger partial charge in [-0.3, -0.25) is 44.6 Å². The van der Waals surface area contributed by atoms with Crippen LogP contribution in [0.2, 0.25) is 15.1 Å². The molecule has 9 aromatic rings. The number of likely N-dealkylation sites (N-methyl/N-ethyl adjacent to an activating group) is 1. The van der Waals surface area contributed by atoms with Crippen LogP contribution in [0.5, 0.6) is 0 Å². The highest BCUT2D eigenvalue weighted by Gasteiger charge is 2.24. The van der Waals surface area contributed by atoms with Crippen LogP contribution in [0.15, 0.2) is 187 Å². The van der Waals surface area contributed by atoms with Gasteiger partial charge in [-0.25, -0.2) is 28.1 Å². The van der Waals surface area contributed by atoms with E-state index < -0.39 is 52.9 Å². The Hall–Kier alpha value is -11.3. The first kappa shape index (κ1) is 67.1. The maximum Gasteiger partial charge on any atom is 0.258 e. The summed E-state index contributed by atoms with van der Waals surface area (Å²) in [7, 11) is 1.88. The highest BCUT2D eigenvalue weighted by Crippen LogP contribution is 2.25. The molecule has 6 amide bonds. The number of rotatable bonds is 15. The Morgan fingerprint density at radius 1 is 0.447 bits per heavy atom. The Bertz CT molecular complexity index is 4410. The van der Waals surface area contributed by atoms with Gasteiger partial charge in [-0.15, -0.1) is 0 Å². The average Bonchev–Trinajstić information content (AvgIpc) is 1.21. The molecule has 0 saturated carbocycles. The van der Waals surface area contributed by atoms with E-state index in [2.05, 4.69) is 51.8 Å². The fourth-order valence-electron chi connectivity index (χ4n) is 9.36. The molecule has 1 saturated heterocycles. The van der Waals surface area contributed by atoms with Crippen molar-refractivity contribution in [1.29, 1.82) is 10.8 Å². The van der Waals surface area contributed by atoms with Crippen molar-refractivity contribution in [2.45, 2.75) is 12.8 Å². The van der Waals surface area contributed by atoms with Crippen LogP contribution in [0, 0.1) is 28.3 Å². The van der Waals surface area contributed by atoms with Gasteiger partial charge >= 0.3 is 0 Å². The molecule has 3 aromatic heterocycles. The summed E-state index contributed by atoms with van der Waals surface area (Å²) in [5.74, 6) is -4.31. The number of para-hydroxylation sites is 3. The fraction of sp³-hybridized carbons (Fsp3) is 0.104. The maximum atomic E-state index is 14.8. The van der Waals surface area contributed by atoms with E-state index in [1.165, 1.54) is 79.3 Å². The summed E-state index contributed by atoms with van der Waals surface area (Å²) in [4.78, 5) is 96.2. The van der Waals surface area contributed by atoms with Crippen molar-refractivity contribution in [3.05, 3.63) is 265 Å². The van der Waals surface area contributed by atoms with Gasteiger partial charge in [-0.1, -0.05) is 89.4 Å². The topological polar surface area (TPSA) is 306 Å². The minimum atomic E-state index is -0.831. The summed E-state index contributed by atoms with van der Waals surface area (Å²) >= 11 is 17.4. The van der Waals surface area contributed by atoms with Gasteiger partial charge in [0.1, 0.15) is 52.4 Å². The zero-order chi connectivity index (χ0) is 67.0. The number of aromatic nitrogens is 3. The van der Waals surface area contributed by atoms with Crippen LogP contribution < -0.4 is 37.6 Å². The number of nitrogens with two attached hydrogens (primary N) is 1. The van der Waals surface area contributed by atoms with Crippen molar-refractivity contribution in [2.75, 3.05) is 65.1 Å². The van der Waals surface area contributed by atoms with Gasteiger partial charge in [-0.05, 0) is 122 Å². The zero-order valence-electron chi connectivity index (χ0n) is 49.5. The summed E-state index contributed by atoms with van der Waals surface area (Å²) in [6, 6.07) is 40.6. The minimum absolute atomic E-state index is 0.135. The van der Waals surface area contributed by atoms with Gasteiger partial charge in [0.25, 0.3) is 35.4 Å². The van der Waals surface area contributed by atoms with Crippen LogP contribution in [-0.2, 0) is 0 Å². The molecular weight excluding hydrogens is 1270 g/mol. The lowest BCUT2D eigenvalue weighted by Crippen LogP contribution is -2.28. The van der Waals surface area contributed by atoms with Gasteiger partial charge in [0.05, 0.1) is 72.1 Å². The molecular formula is C67H55Cl3F3N15O6. The molecule has 5 heterocycles.